The topological polar surface area (TPSA) is 48.0 Å². The minimum Gasteiger partial charge on any atom is -0.493 e. The van der Waals surface area contributed by atoms with Crippen LogP contribution in [0.25, 0.3) is 6.08 Å². The van der Waals surface area contributed by atoms with Gasteiger partial charge in [-0.15, -0.1) is 0 Å². The zero-order chi connectivity index (χ0) is 24.1. The number of thioether (sulfide) groups is 1. The van der Waals surface area contributed by atoms with Crippen molar-refractivity contribution < 1.29 is 19.0 Å². The molecule has 0 aliphatic carbocycles. The van der Waals surface area contributed by atoms with Crippen molar-refractivity contribution in [1.82, 2.24) is 0 Å². The van der Waals surface area contributed by atoms with Gasteiger partial charge in [0.2, 0.25) is 0 Å². The number of nitrogens with zero attached hydrogens (tertiary/aromatic N) is 1. The third-order valence-electron chi connectivity index (χ3n) is 5.03. The van der Waals surface area contributed by atoms with Crippen LogP contribution in [-0.2, 0) is 4.79 Å². The van der Waals surface area contributed by atoms with E-state index in [0.717, 1.165) is 22.6 Å². The molecule has 4 rings (SSSR count). The molecule has 0 saturated carbocycles. The number of hydrogen-bond donors (Lipinski definition) is 0. The highest BCUT2D eigenvalue weighted by molar-refractivity contribution is 8.27. The van der Waals surface area contributed by atoms with Gasteiger partial charge in [-0.1, -0.05) is 59.8 Å². The lowest BCUT2D eigenvalue weighted by Crippen LogP contribution is -2.27. The standard InChI is InChI=1S/C26H22ClNO4S2/c1-17-14-20(9-10-21(17)27)31-12-13-32-22-11-8-18(15-23(22)30-2)16-24-25(29)28(26(33)34-24)19-6-4-3-5-7-19/h3-11,14-16H,12-13H2,1-2H3. The fraction of sp³-hybridized carbons (Fsp3) is 0.154. The highest BCUT2D eigenvalue weighted by atomic mass is 35.5. The molecule has 8 heteroatoms. The maximum Gasteiger partial charge on any atom is 0.270 e. The number of benzene rings is 3. The van der Waals surface area contributed by atoms with E-state index in [1.807, 2.05) is 73.7 Å². The van der Waals surface area contributed by atoms with Gasteiger partial charge < -0.3 is 14.2 Å². The third kappa shape index (κ3) is 5.55. The van der Waals surface area contributed by atoms with Gasteiger partial charge in [-0.3, -0.25) is 9.69 Å². The monoisotopic (exact) mass is 511 g/mol. The molecule has 3 aromatic rings. The highest BCUT2D eigenvalue weighted by Crippen LogP contribution is 2.37. The van der Waals surface area contributed by atoms with Gasteiger partial charge >= 0.3 is 0 Å². The Morgan fingerprint density at radius 3 is 2.50 bits per heavy atom. The molecule has 0 spiro atoms. The van der Waals surface area contributed by atoms with Crippen LogP contribution in [0, 0.1) is 6.92 Å². The van der Waals surface area contributed by atoms with E-state index in [-0.39, 0.29) is 5.91 Å². The fourth-order valence-electron chi connectivity index (χ4n) is 3.33. The van der Waals surface area contributed by atoms with E-state index in [0.29, 0.717) is 39.0 Å². The Bertz CT molecular complexity index is 1250. The smallest absolute Gasteiger partial charge is 0.270 e. The number of anilines is 1. The molecule has 0 radical (unpaired) electrons. The van der Waals surface area contributed by atoms with E-state index in [4.69, 9.17) is 38.0 Å². The Kier molecular flexibility index (Phi) is 7.77. The normalized spacial score (nSPS) is 14.6. The summed E-state index contributed by atoms with van der Waals surface area (Å²) in [5.41, 5.74) is 2.52. The third-order valence-corrected chi connectivity index (χ3v) is 6.76. The van der Waals surface area contributed by atoms with Crippen LogP contribution in [0.4, 0.5) is 5.69 Å². The molecule has 1 saturated heterocycles. The molecule has 5 nitrogen and oxygen atoms in total. The number of ether oxygens (including phenoxy) is 3. The van der Waals surface area contributed by atoms with E-state index in [1.165, 1.54) is 11.8 Å². The van der Waals surface area contributed by atoms with E-state index < -0.39 is 0 Å². The first-order valence-corrected chi connectivity index (χ1v) is 12.1. The maximum atomic E-state index is 12.9. The summed E-state index contributed by atoms with van der Waals surface area (Å²) in [6, 6.07) is 20.4. The minimum atomic E-state index is -0.143. The summed E-state index contributed by atoms with van der Waals surface area (Å²) in [6.07, 6.45) is 1.81. The number of hydrogen-bond acceptors (Lipinski definition) is 6. The van der Waals surface area contributed by atoms with Crippen molar-refractivity contribution in [3.05, 3.63) is 87.8 Å². The molecule has 1 amide bonds. The van der Waals surface area contributed by atoms with Crippen LogP contribution in [0.3, 0.4) is 0 Å². The largest absolute Gasteiger partial charge is 0.493 e. The van der Waals surface area contributed by atoms with Crippen LogP contribution in [0.2, 0.25) is 5.02 Å². The summed E-state index contributed by atoms with van der Waals surface area (Å²) in [6.45, 7) is 2.64. The first kappa shape index (κ1) is 24.1. The number of halogens is 1. The van der Waals surface area contributed by atoms with E-state index in [2.05, 4.69) is 0 Å². The summed E-state index contributed by atoms with van der Waals surface area (Å²) >= 11 is 12.8. The molecule has 0 unspecified atom stereocenters. The molecule has 34 heavy (non-hydrogen) atoms. The van der Waals surface area contributed by atoms with Gasteiger partial charge in [0.15, 0.2) is 15.8 Å². The number of rotatable bonds is 8. The lowest BCUT2D eigenvalue weighted by atomic mass is 10.2. The number of amides is 1. The second-order valence-electron chi connectivity index (χ2n) is 7.37. The van der Waals surface area contributed by atoms with Gasteiger partial charge in [-0.05, 0) is 66.6 Å². The van der Waals surface area contributed by atoms with Crippen molar-refractivity contribution in [2.75, 3.05) is 25.2 Å². The second-order valence-corrected chi connectivity index (χ2v) is 9.45. The van der Waals surface area contributed by atoms with Gasteiger partial charge in [0, 0.05) is 5.02 Å². The van der Waals surface area contributed by atoms with Crippen LogP contribution in [0.15, 0.2) is 71.6 Å². The summed E-state index contributed by atoms with van der Waals surface area (Å²) in [4.78, 5) is 15.0. The summed E-state index contributed by atoms with van der Waals surface area (Å²) < 4.78 is 17.6. The number of para-hydroxylation sites is 1. The average Bonchev–Trinajstić information content (AvgIpc) is 3.12. The Hall–Kier alpha value is -3.00. The van der Waals surface area contributed by atoms with Gasteiger partial charge in [-0.25, -0.2) is 0 Å². The molecular weight excluding hydrogens is 490 g/mol. The Morgan fingerprint density at radius 2 is 1.76 bits per heavy atom. The quantitative estimate of drug-likeness (QED) is 0.195. The molecule has 3 aromatic carbocycles. The summed E-state index contributed by atoms with van der Waals surface area (Å²) in [7, 11) is 1.58. The van der Waals surface area contributed by atoms with Crippen LogP contribution < -0.4 is 19.1 Å². The van der Waals surface area contributed by atoms with Crippen molar-refractivity contribution in [2.24, 2.45) is 0 Å². The Morgan fingerprint density at radius 1 is 1.00 bits per heavy atom. The molecule has 1 heterocycles. The van der Waals surface area contributed by atoms with Crippen molar-refractivity contribution in [1.29, 1.82) is 0 Å². The molecule has 0 N–H and O–H groups in total. The second kappa shape index (κ2) is 11.0. The first-order valence-electron chi connectivity index (χ1n) is 10.5. The van der Waals surface area contributed by atoms with Crippen LogP contribution in [-0.4, -0.2) is 30.6 Å². The van der Waals surface area contributed by atoms with E-state index in [1.54, 1.807) is 18.1 Å². The lowest BCUT2D eigenvalue weighted by Gasteiger charge is -2.14. The zero-order valence-corrected chi connectivity index (χ0v) is 21.0. The molecule has 0 bridgehead atoms. The molecule has 1 aliphatic heterocycles. The average molecular weight is 512 g/mol. The predicted molar refractivity (Wildman–Crippen MR) is 142 cm³/mol. The van der Waals surface area contributed by atoms with Crippen molar-refractivity contribution in [2.45, 2.75) is 6.92 Å². The summed E-state index contributed by atoms with van der Waals surface area (Å²) in [5.74, 6) is 1.75. The minimum absolute atomic E-state index is 0.143. The highest BCUT2D eigenvalue weighted by Gasteiger charge is 2.33. The number of thiocarbonyl (C=S) groups is 1. The first-order chi connectivity index (χ1) is 16.5. The maximum absolute atomic E-state index is 12.9. The molecule has 0 atom stereocenters. The van der Waals surface area contributed by atoms with Gasteiger partial charge in [0.1, 0.15) is 19.0 Å². The molecule has 0 aromatic heterocycles. The molecular formula is C26H22ClNO4S2. The number of carbonyl (C=O) groups excluding carboxylic acids is 1. The fourth-order valence-corrected chi connectivity index (χ4v) is 4.75. The Balaban J connectivity index is 1.40. The molecule has 174 valence electrons. The van der Waals surface area contributed by atoms with Gasteiger partial charge in [-0.2, -0.15) is 0 Å². The van der Waals surface area contributed by atoms with Crippen LogP contribution in [0.1, 0.15) is 11.1 Å². The summed E-state index contributed by atoms with van der Waals surface area (Å²) in [5, 5.41) is 0.704. The SMILES string of the molecule is COc1cc(C=C2SC(=S)N(c3ccccc3)C2=O)ccc1OCCOc1ccc(Cl)c(C)c1. The van der Waals surface area contributed by atoms with Crippen molar-refractivity contribution in [3.8, 4) is 17.2 Å². The predicted octanol–water partition coefficient (Wildman–Crippen LogP) is 6.52. The van der Waals surface area contributed by atoms with Gasteiger partial charge in [0.25, 0.3) is 5.91 Å². The number of methoxy groups -OCH3 is 1. The van der Waals surface area contributed by atoms with E-state index in [9.17, 15) is 4.79 Å². The lowest BCUT2D eigenvalue weighted by molar-refractivity contribution is -0.113. The van der Waals surface area contributed by atoms with Crippen LogP contribution >= 0.6 is 35.6 Å². The number of carbonyl (C=O) groups is 1. The zero-order valence-electron chi connectivity index (χ0n) is 18.6. The van der Waals surface area contributed by atoms with Crippen molar-refractivity contribution in [3.63, 3.8) is 0 Å². The number of aryl methyl sites for hydroxylation is 1. The van der Waals surface area contributed by atoms with Crippen molar-refractivity contribution >= 4 is 57.6 Å². The van der Waals surface area contributed by atoms with Crippen LogP contribution in [0.5, 0.6) is 17.2 Å². The van der Waals surface area contributed by atoms with Gasteiger partial charge in [0.05, 0.1) is 17.7 Å². The van der Waals surface area contributed by atoms with E-state index >= 15 is 0 Å². The Labute approximate surface area is 213 Å². The molecule has 1 fully saturated rings. The molecule has 1 aliphatic rings.